The minimum absolute atomic E-state index is 0.175. The van der Waals surface area contributed by atoms with Crippen LogP contribution in [-0.2, 0) is 0 Å². The summed E-state index contributed by atoms with van der Waals surface area (Å²) in [5.41, 5.74) is 8.05. The Bertz CT molecular complexity index is 921. The maximum absolute atomic E-state index is 11.6. The normalized spacial score (nSPS) is 10.4. The van der Waals surface area contributed by atoms with Gasteiger partial charge in [-0.05, 0) is 31.2 Å². The van der Waals surface area contributed by atoms with Crippen LogP contribution in [0.3, 0.4) is 0 Å². The van der Waals surface area contributed by atoms with Crippen molar-refractivity contribution in [2.24, 2.45) is 5.73 Å². The molecule has 0 unspecified atom stereocenters. The summed E-state index contributed by atoms with van der Waals surface area (Å²) in [5.74, 6) is -0.317. The molecule has 3 aromatic rings. The summed E-state index contributed by atoms with van der Waals surface area (Å²) in [6.07, 6.45) is 1.70. The number of anilines is 2. The predicted octanol–water partition coefficient (Wildman–Crippen LogP) is 1.98. The van der Waals surface area contributed by atoms with Gasteiger partial charge in [-0.2, -0.15) is 10.4 Å². The third-order valence-electron chi connectivity index (χ3n) is 3.30. The molecule has 1 amide bonds. The van der Waals surface area contributed by atoms with Crippen molar-refractivity contribution in [3.05, 3.63) is 47.3 Å². The Labute approximate surface area is 125 Å². The zero-order valence-electron chi connectivity index (χ0n) is 11.7. The Morgan fingerprint density at radius 2 is 2.23 bits per heavy atom. The van der Waals surface area contributed by atoms with E-state index in [2.05, 4.69) is 20.5 Å². The lowest BCUT2D eigenvalue weighted by atomic mass is 10.1. The fraction of sp³-hybridized carbons (Fsp3) is 0.0667. The van der Waals surface area contributed by atoms with Crippen LogP contribution in [0.4, 0.5) is 11.5 Å². The number of benzene rings is 1. The topological polar surface area (TPSA) is 120 Å². The summed E-state index contributed by atoms with van der Waals surface area (Å²) >= 11 is 0. The molecule has 0 saturated heterocycles. The highest BCUT2D eigenvalue weighted by Crippen LogP contribution is 2.23. The van der Waals surface area contributed by atoms with E-state index in [0.29, 0.717) is 17.1 Å². The number of hydrogen-bond acceptors (Lipinski definition) is 5. The van der Waals surface area contributed by atoms with E-state index in [9.17, 15) is 4.79 Å². The van der Waals surface area contributed by atoms with Gasteiger partial charge in [0.25, 0.3) is 5.91 Å². The summed E-state index contributed by atoms with van der Waals surface area (Å²) in [4.78, 5) is 15.9. The van der Waals surface area contributed by atoms with Gasteiger partial charge in [0.1, 0.15) is 11.9 Å². The summed E-state index contributed by atoms with van der Waals surface area (Å²) in [6, 6.07) is 9.01. The van der Waals surface area contributed by atoms with Crippen LogP contribution in [-0.4, -0.2) is 21.1 Å². The van der Waals surface area contributed by atoms with Crippen LogP contribution in [0, 0.1) is 18.3 Å². The third kappa shape index (κ3) is 2.33. The molecule has 0 aliphatic carbocycles. The lowest BCUT2D eigenvalue weighted by molar-refractivity contribution is 0.100. The molecule has 108 valence electrons. The van der Waals surface area contributed by atoms with Crippen LogP contribution in [0.1, 0.15) is 21.6 Å². The number of rotatable bonds is 3. The Hall–Kier alpha value is -3.40. The number of aryl methyl sites for hydroxylation is 1. The molecule has 0 radical (unpaired) electrons. The molecular formula is C15H12N6O. The molecule has 0 bridgehead atoms. The van der Waals surface area contributed by atoms with Crippen molar-refractivity contribution in [2.75, 3.05) is 5.32 Å². The first-order valence-corrected chi connectivity index (χ1v) is 6.50. The van der Waals surface area contributed by atoms with E-state index in [1.165, 1.54) is 6.07 Å². The Morgan fingerprint density at radius 3 is 2.95 bits per heavy atom. The highest BCUT2D eigenvalue weighted by Gasteiger charge is 2.14. The number of carbonyl (C=O) groups excluding carboxylic acids is 1. The molecule has 7 heteroatoms. The quantitative estimate of drug-likeness (QED) is 0.681. The number of nitrogens with two attached hydrogens (primary N) is 1. The molecule has 2 heterocycles. The number of aromatic nitrogens is 3. The lowest BCUT2D eigenvalue weighted by Crippen LogP contribution is -2.15. The van der Waals surface area contributed by atoms with Gasteiger partial charge in [-0.1, -0.05) is 0 Å². The van der Waals surface area contributed by atoms with E-state index in [-0.39, 0.29) is 5.56 Å². The highest BCUT2D eigenvalue weighted by molar-refractivity contribution is 5.99. The number of aromatic amines is 1. The Kier molecular flexibility index (Phi) is 3.20. The lowest BCUT2D eigenvalue weighted by Gasteiger charge is -2.11. The van der Waals surface area contributed by atoms with Crippen LogP contribution in [0.15, 0.2) is 30.5 Å². The Morgan fingerprint density at radius 1 is 1.41 bits per heavy atom. The van der Waals surface area contributed by atoms with Gasteiger partial charge in [0.05, 0.1) is 28.5 Å². The number of H-pyrrole nitrogens is 1. The van der Waals surface area contributed by atoms with Gasteiger partial charge in [-0.25, -0.2) is 4.98 Å². The van der Waals surface area contributed by atoms with Crippen molar-refractivity contribution in [3.8, 4) is 6.07 Å². The first-order valence-electron chi connectivity index (χ1n) is 6.50. The van der Waals surface area contributed by atoms with Crippen molar-refractivity contribution in [1.82, 2.24) is 15.2 Å². The summed E-state index contributed by atoms with van der Waals surface area (Å²) < 4.78 is 0. The van der Waals surface area contributed by atoms with Crippen molar-refractivity contribution < 1.29 is 4.79 Å². The molecule has 0 spiro atoms. The molecule has 7 nitrogen and oxygen atoms in total. The molecule has 22 heavy (non-hydrogen) atoms. The molecule has 3 rings (SSSR count). The minimum Gasteiger partial charge on any atom is -0.365 e. The maximum atomic E-state index is 11.6. The molecule has 0 saturated carbocycles. The number of nitriles is 1. The van der Waals surface area contributed by atoms with Gasteiger partial charge in [0, 0.05) is 11.1 Å². The van der Waals surface area contributed by atoms with Crippen LogP contribution >= 0.6 is 0 Å². The van der Waals surface area contributed by atoms with Crippen LogP contribution < -0.4 is 11.1 Å². The molecule has 0 atom stereocenters. The maximum Gasteiger partial charge on any atom is 0.252 e. The van der Waals surface area contributed by atoms with Crippen LogP contribution in [0.2, 0.25) is 0 Å². The molecule has 4 N–H and O–H groups in total. The summed E-state index contributed by atoms with van der Waals surface area (Å²) in [6.45, 7) is 1.70. The highest BCUT2D eigenvalue weighted by atomic mass is 16.1. The summed E-state index contributed by atoms with van der Waals surface area (Å²) in [5, 5.41) is 19.8. The van der Waals surface area contributed by atoms with E-state index in [1.807, 2.05) is 24.3 Å². The van der Waals surface area contributed by atoms with Gasteiger partial charge in [0.2, 0.25) is 0 Å². The van der Waals surface area contributed by atoms with E-state index in [4.69, 9.17) is 11.0 Å². The SMILES string of the molecule is Cc1nc(Nc2ccc3[nH]ncc3c2)c(C(N)=O)cc1C#N. The molecule has 0 aliphatic rings. The van der Waals surface area contributed by atoms with Crippen LogP contribution in [0.25, 0.3) is 10.9 Å². The number of primary amides is 1. The van der Waals surface area contributed by atoms with Crippen molar-refractivity contribution >= 4 is 28.3 Å². The predicted molar refractivity (Wildman–Crippen MR) is 81.6 cm³/mol. The number of fused-ring (bicyclic) bond motifs is 1. The van der Waals surface area contributed by atoms with Gasteiger partial charge in [-0.15, -0.1) is 0 Å². The number of carbonyl (C=O) groups is 1. The number of nitrogens with one attached hydrogen (secondary N) is 2. The first-order chi connectivity index (χ1) is 10.6. The van der Waals surface area contributed by atoms with E-state index in [0.717, 1.165) is 16.6 Å². The minimum atomic E-state index is -0.643. The van der Waals surface area contributed by atoms with Gasteiger partial charge < -0.3 is 11.1 Å². The molecule has 1 aromatic carbocycles. The Balaban J connectivity index is 2.05. The zero-order chi connectivity index (χ0) is 15.7. The van der Waals surface area contributed by atoms with E-state index in [1.54, 1.807) is 13.1 Å². The fourth-order valence-corrected chi connectivity index (χ4v) is 2.16. The van der Waals surface area contributed by atoms with Gasteiger partial charge in [0.15, 0.2) is 0 Å². The summed E-state index contributed by atoms with van der Waals surface area (Å²) in [7, 11) is 0. The molecule has 0 fully saturated rings. The van der Waals surface area contributed by atoms with Gasteiger partial charge in [-0.3, -0.25) is 9.89 Å². The average Bonchev–Trinajstić information content (AvgIpc) is 2.94. The third-order valence-corrected chi connectivity index (χ3v) is 3.30. The number of pyridine rings is 1. The molecular weight excluding hydrogens is 280 g/mol. The molecule has 2 aromatic heterocycles. The van der Waals surface area contributed by atoms with Crippen molar-refractivity contribution in [3.63, 3.8) is 0 Å². The van der Waals surface area contributed by atoms with Crippen molar-refractivity contribution in [2.45, 2.75) is 6.92 Å². The monoisotopic (exact) mass is 292 g/mol. The van der Waals surface area contributed by atoms with E-state index >= 15 is 0 Å². The first kappa shape index (κ1) is 13.6. The number of nitrogens with zero attached hydrogens (tertiary/aromatic N) is 3. The van der Waals surface area contributed by atoms with Crippen LogP contribution in [0.5, 0.6) is 0 Å². The average molecular weight is 292 g/mol. The largest absolute Gasteiger partial charge is 0.365 e. The zero-order valence-corrected chi connectivity index (χ0v) is 11.7. The smallest absolute Gasteiger partial charge is 0.252 e. The molecule has 0 aliphatic heterocycles. The fourth-order valence-electron chi connectivity index (χ4n) is 2.16. The second-order valence-corrected chi connectivity index (χ2v) is 4.79. The van der Waals surface area contributed by atoms with E-state index < -0.39 is 5.91 Å². The van der Waals surface area contributed by atoms with Crippen molar-refractivity contribution in [1.29, 1.82) is 5.26 Å². The van der Waals surface area contributed by atoms with Gasteiger partial charge >= 0.3 is 0 Å². The second-order valence-electron chi connectivity index (χ2n) is 4.79. The second kappa shape index (κ2) is 5.18. The standard InChI is InChI=1S/C15H12N6O/c1-8-9(6-16)5-12(14(17)22)15(19-8)20-11-2-3-13-10(4-11)7-18-21-13/h2-5,7H,1H3,(H2,17,22)(H,18,21)(H,19,20). The number of hydrogen-bond donors (Lipinski definition) is 3. The number of amides is 1.